The van der Waals surface area contributed by atoms with Gasteiger partial charge < -0.3 is 14.2 Å². The second-order valence-electron chi connectivity index (χ2n) is 4.61. The van der Waals surface area contributed by atoms with Crippen LogP contribution in [-0.2, 0) is 15.1 Å². The van der Waals surface area contributed by atoms with Gasteiger partial charge in [-0.2, -0.15) is 0 Å². The third kappa shape index (κ3) is 3.22. The van der Waals surface area contributed by atoms with Crippen molar-refractivity contribution in [2.45, 2.75) is 25.8 Å². The first kappa shape index (κ1) is 16.3. The highest BCUT2D eigenvalue weighted by Crippen LogP contribution is 2.32. The molecule has 112 valence electrons. The van der Waals surface area contributed by atoms with E-state index in [2.05, 4.69) is 5.32 Å². The zero-order valence-corrected chi connectivity index (χ0v) is 12.8. The molecule has 0 heterocycles. The van der Waals surface area contributed by atoms with E-state index in [9.17, 15) is 4.79 Å². The highest BCUT2D eigenvalue weighted by molar-refractivity contribution is 5.82. The Labute approximate surface area is 120 Å². The molecule has 0 aliphatic carbocycles. The van der Waals surface area contributed by atoms with E-state index in [1.165, 1.54) is 7.11 Å². The zero-order valence-electron chi connectivity index (χ0n) is 12.8. The zero-order chi connectivity index (χ0) is 15.2. The van der Waals surface area contributed by atoms with E-state index < -0.39 is 5.54 Å². The normalized spacial score (nSPS) is 13.4. The molecule has 1 rings (SSSR count). The summed E-state index contributed by atoms with van der Waals surface area (Å²) in [7, 11) is 4.53. The van der Waals surface area contributed by atoms with Crippen LogP contribution in [-0.4, -0.2) is 33.8 Å². The first-order valence-electron chi connectivity index (χ1n) is 6.59. The highest BCUT2D eigenvalue weighted by atomic mass is 16.5. The van der Waals surface area contributed by atoms with Gasteiger partial charge in [-0.1, -0.05) is 13.0 Å². The lowest BCUT2D eigenvalue weighted by atomic mass is 9.91. The summed E-state index contributed by atoms with van der Waals surface area (Å²) >= 11 is 0. The molecule has 0 saturated heterocycles. The van der Waals surface area contributed by atoms with Crippen LogP contribution in [0, 0.1) is 0 Å². The van der Waals surface area contributed by atoms with Gasteiger partial charge in [-0.05, 0) is 37.6 Å². The SMILES string of the molecule is CCCNC(C)(C(=O)OC)c1ccc(OC)c(OC)c1. The molecule has 0 saturated carbocycles. The largest absolute Gasteiger partial charge is 0.493 e. The fraction of sp³-hybridized carbons (Fsp3) is 0.533. The molecule has 1 aromatic carbocycles. The molecule has 0 fully saturated rings. The Morgan fingerprint density at radius 3 is 2.35 bits per heavy atom. The van der Waals surface area contributed by atoms with E-state index in [0.29, 0.717) is 18.0 Å². The molecule has 0 spiro atoms. The lowest BCUT2D eigenvalue weighted by molar-refractivity contribution is -0.148. The van der Waals surface area contributed by atoms with Gasteiger partial charge in [0.05, 0.1) is 21.3 Å². The third-order valence-electron chi connectivity index (χ3n) is 3.28. The summed E-state index contributed by atoms with van der Waals surface area (Å²) in [5.41, 5.74) is -0.139. The Kier molecular flexibility index (Phi) is 5.82. The van der Waals surface area contributed by atoms with E-state index in [0.717, 1.165) is 12.0 Å². The monoisotopic (exact) mass is 281 g/mol. The van der Waals surface area contributed by atoms with Crippen LogP contribution in [0.5, 0.6) is 11.5 Å². The van der Waals surface area contributed by atoms with E-state index in [4.69, 9.17) is 14.2 Å². The minimum absolute atomic E-state index is 0.335. The predicted molar refractivity (Wildman–Crippen MR) is 77.2 cm³/mol. The number of carbonyl (C=O) groups is 1. The number of hydrogen-bond donors (Lipinski definition) is 1. The van der Waals surface area contributed by atoms with Crippen molar-refractivity contribution in [3.63, 3.8) is 0 Å². The smallest absolute Gasteiger partial charge is 0.330 e. The molecule has 5 nitrogen and oxygen atoms in total. The van der Waals surface area contributed by atoms with E-state index in [1.807, 2.05) is 13.0 Å². The van der Waals surface area contributed by atoms with Gasteiger partial charge in [-0.25, -0.2) is 4.79 Å². The second-order valence-corrected chi connectivity index (χ2v) is 4.61. The fourth-order valence-corrected chi connectivity index (χ4v) is 2.02. The predicted octanol–water partition coefficient (Wildman–Crippen LogP) is 2.09. The summed E-state index contributed by atoms with van der Waals surface area (Å²) < 4.78 is 15.4. The fourth-order valence-electron chi connectivity index (χ4n) is 2.02. The van der Waals surface area contributed by atoms with E-state index in [1.54, 1.807) is 33.3 Å². The molecule has 5 heteroatoms. The first-order valence-corrected chi connectivity index (χ1v) is 6.59. The van der Waals surface area contributed by atoms with Crippen LogP contribution in [0.25, 0.3) is 0 Å². The maximum atomic E-state index is 12.1. The van der Waals surface area contributed by atoms with Crippen molar-refractivity contribution in [3.05, 3.63) is 23.8 Å². The van der Waals surface area contributed by atoms with Crippen molar-refractivity contribution in [3.8, 4) is 11.5 Å². The van der Waals surface area contributed by atoms with E-state index in [-0.39, 0.29) is 5.97 Å². The Hall–Kier alpha value is -1.75. The molecule has 1 N–H and O–H groups in total. The van der Waals surface area contributed by atoms with Crippen LogP contribution in [0.2, 0.25) is 0 Å². The minimum atomic E-state index is -0.912. The number of nitrogens with one attached hydrogen (secondary N) is 1. The van der Waals surface area contributed by atoms with Crippen molar-refractivity contribution in [2.75, 3.05) is 27.9 Å². The van der Waals surface area contributed by atoms with Gasteiger partial charge in [0.25, 0.3) is 0 Å². The van der Waals surface area contributed by atoms with Crippen molar-refractivity contribution in [1.82, 2.24) is 5.32 Å². The Balaban J connectivity index is 3.23. The Bertz CT molecular complexity index is 461. The standard InChI is InChI=1S/C15H23NO4/c1-6-9-16-15(2,14(17)20-5)11-7-8-12(18-3)13(10-11)19-4/h7-8,10,16H,6,9H2,1-5H3. The van der Waals surface area contributed by atoms with Gasteiger partial charge >= 0.3 is 5.97 Å². The number of esters is 1. The van der Waals surface area contributed by atoms with Crippen molar-refractivity contribution >= 4 is 5.97 Å². The molecule has 1 aromatic rings. The number of benzene rings is 1. The molecule has 20 heavy (non-hydrogen) atoms. The van der Waals surface area contributed by atoms with Gasteiger partial charge in [-0.15, -0.1) is 0 Å². The molecule has 1 unspecified atom stereocenters. The van der Waals surface area contributed by atoms with Crippen molar-refractivity contribution in [1.29, 1.82) is 0 Å². The Morgan fingerprint density at radius 1 is 1.20 bits per heavy atom. The van der Waals surface area contributed by atoms with E-state index >= 15 is 0 Å². The van der Waals surface area contributed by atoms with Crippen LogP contribution in [0.1, 0.15) is 25.8 Å². The lowest BCUT2D eigenvalue weighted by Gasteiger charge is -2.29. The number of ether oxygens (including phenoxy) is 3. The quantitative estimate of drug-likeness (QED) is 0.776. The third-order valence-corrected chi connectivity index (χ3v) is 3.28. The molecule has 0 bridgehead atoms. The van der Waals surface area contributed by atoms with Gasteiger partial charge in [0, 0.05) is 0 Å². The molecule has 0 aliphatic heterocycles. The summed E-state index contributed by atoms with van der Waals surface area (Å²) in [5.74, 6) is 0.871. The van der Waals surface area contributed by atoms with Gasteiger partial charge in [0.2, 0.25) is 0 Å². The number of carbonyl (C=O) groups excluding carboxylic acids is 1. The molecular formula is C15H23NO4. The molecule has 0 radical (unpaired) electrons. The molecular weight excluding hydrogens is 258 g/mol. The number of hydrogen-bond acceptors (Lipinski definition) is 5. The van der Waals surface area contributed by atoms with Gasteiger partial charge in [0.1, 0.15) is 5.54 Å². The van der Waals surface area contributed by atoms with Crippen LogP contribution in [0.3, 0.4) is 0 Å². The summed E-state index contributed by atoms with van der Waals surface area (Å²) in [6.07, 6.45) is 0.917. The van der Waals surface area contributed by atoms with Gasteiger partial charge in [-0.3, -0.25) is 5.32 Å². The van der Waals surface area contributed by atoms with Crippen LogP contribution < -0.4 is 14.8 Å². The summed E-state index contributed by atoms with van der Waals surface area (Å²) in [5, 5.41) is 3.23. The summed E-state index contributed by atoms with van der Waals surface area (Å²) in [4.78, 5) is 12.1. The maximum absolute atomic E-state index is 12.1. The van der Waals surface area contributed by atoms with Crippen molar-refractivity contribution in [2.24, 2.45) is 0 Å². The van der Waals surface area contributed by atoms with Crippen LogP contribution in [0.15, 0.2) is 18.2 Å². The minimum Gasteiger partial charge on any atom is -0.493 e. The molecule has 0 amide bonds. The molecule has 0 aromatic heterocycles. The van der Waals surface area contributed by atoms with Crippen LogP contribution in [0.4, 0.5) is 0 Å². The number of methoxy groups -OCH3 is 3. The number of rotatable bonds is 7. The second kappa shape index (κ2) is 7.14. The lowest BCUT2D eigenvalue weighted by Crippen LogP contribution is -2.47. The van der Waals surface area contributed by atoms with Gasteiger partial charge in [0.15, 0.2) is 11.5 Å². The highest BCUT2D eigenvalue weighted by Gasteiger charge is 2.36. The topological polar surface area (TPSA) is 56.8 Å². The first-order chi connectivity index (χ1) is 9.53. The van der Waals surface area contributed by atoms with Crippen LogP contribution >= 0.6 is 0 Å². The summed E-state index contributed by atoms with van der Waals surface area (Å²) in [6.45, 7) is 4.55. The maximum Gasteiger partial charge on any atom is 0.330 e. The summed E-state index contributed by atoms with van der Waals surface area (Å²) in [6, 6.07) is 5.41. The Morgan fingerprint density at radius 2 is 1.85 bits per heavy atom. The average molecular weight is 281 g/mol. The molecule has 0 aliphatic rings. The molecule has 1 atom stereocenters. The van der Waals surface area contributed by atoms with Crippen molar-refractivity contribution < 1.29 is 19.0 Å². The average Bonchev–Trinajstić information content (AvgIpc) is 2.50.